The number of aromatic nitrogens is 2. The van der Waals surface area contributed by atoms with Gasteiger partial charge in [0.2, 0.25) is 0 Å². The molecule has 2 aromatic rings. The Bertz CT molecular complexity index is 827. The fourth-order valence-electron chi connectivity index (χ4n) is 2.22. The minimum atomic E-state index is -3.76. The maximum atomic E-state index is 12.6. The Morgan fingerprint density at radius 1 is 1.12 bits per heavy atom. The summed E-state index contributed by atoms with van der Waals surface area (Å²) in [6.45, 7) is 7.58. The normalized spacial score (nSPS) is 11.2. The molecule has 0 saturated heterocycles. The van der Waals surface area contributed by atoms with Gasteiger partial charge in [-0.2, -0.15) is 9.97 Å². The molecule has 0 fully saturated rings. The average Bonchev–Trinajstić information content (AvgIpc) is 2.52. The monoisotopic (exact) mass is 351 g/mol. The molecule has 0 amide bonds. The molecule has 0 aliphatic rings. The van der Waals surface area contributed by atoms with Crippen molar-refractivity contribution in [2.75, 3.05) is 18.4 Å². The predicted molar refractivity (Wildman–Crippen MR) is 91.2 cm³/mol. The van der Waals surface area contributed by atoms with Gasteiger partial charge in [-0.05, 0) is 51.5 Å². The van der Waals surface area contributed by atoms with Crippen LogP contribution in [0, 0.1) is 20.8 Å². The van der Waals surface area contributed by atoms with E-state index in [2.05, 4.69) is 14.7 Å². The summed E-state index contributed by atoms with van der Waals surface area (Å²) in [5.41, 5.74) is 2.08. The van der Waals surface area contributed by atoms with Crippen molar-refractivity contribution in [2.45, 2.75) is 32.6 Å². The molecule has 0 radical (unpaired) electrons. The molecule has 0 atom stereocenters. The van der Waals surface area contributed by atoms with E-state index in [1.54, 1.807) is 32.9 Å². The number of hydrogen-bond donors (Lipinski definition) is 1. The molecule has 7 nitrogen and oxygen atoms in total. The SMILES string of the molecule is CCOc1ccc(S(=O)(=O)Nc2c(C)nc(OC)nc2C)cc1C. The highest BCUT2D eigenvalue weighted by Crippen LogP contribution is 2.26. The number of ether oxygens (including phenoxy) is 2. The molecule has 0 saturated carbocycles. The smallest absolute Gasteiger partial charge is 0.316 e. The zero-order chi connectivity index (χ0) is 17.9. The first-order chi connectivity index (χ1) is 11.3. The van der Waals surface area contributed by atoms with E-state index < -0.39 is 10.0 Å². The fraction of sp³-hybridized carbons (Fsp3) is 0.375. The molecule has 2 rings (SSSR count). The van der Waals surface area contributed by atoms with Gasteiger partial charge in [0.15, 0.2) is 0 Å². The summed E-state index contributed by atoms with van der Waals surface area (Å²) in [5, 5.41) is 0. The molecule has 8 heteroatoms. The number of anilines is 1. The van der Waals surface area contributed by atoms with Crippen LogP contribution in [0.3, 0.4) is 0 Å². The zero-order valence-electron chi connectivity index (χ0n) is 14.4. The molecule has 130 valence electrons. The Hall–Kier alpha value is -2.35. The van der Waals surface area contributed by atoms with Crippen LogP contribution in [-0.2, 0) is 10.0 Å². The number of rotatable bonds is 6. The summed E-state index contributed by atoms with van der Waals surface area (Å²) in [6, 6.07) is 4.93. The molecular formula is C16H21N3O4S. The molecule has 1 N–H and O–H groups in total. The zero-order valence-corrected chi connectivity index (χ0v) is 15.2. The van der Waals surface area contributed by atoms with Gasteiger partial charge >= 0.3 is 6.01 Å². The molecule has 1 heterocycles. The lowest BCUT2D eigenvalue weighted by Crippen LogP contribution is -2.16. The van der Waals surface area contributed by atoms with Crippen LogP contribution in [0.15, 0.2) is 23.1 Å². The molecule has 0 bridgehead atoms. The van der Waals surface area contributed by atoms with Crippen molar-refractivity contribution in [3.05, 3.63) is 35.2 Å². The summed E-state index contributed by atoms with van der Waals surface area (Å²) < 4.78 is 38.3. The lowest BCUT2D eigenvalue weighted by atomic mass is 10.2. The van der Waals surface area contributed by atoms with Crippen LogP contribution < -0.4 is 14.2 Å². The van der Waals surface area contributed by atoms with Crippen LogP contribution in [0.5, 0.6) is 11.8 Å². The first-order valence-electron chi connectivity index (χ1n) is 7.44. The average molecular weight is 351 g/mol. The largest absolute Gasteiger partial charge is 0.494 e. The van der Waals surface area contributed by atoms with E-state index in [1.807, 2.05) is 6.92 Å². The molecule has 0 aliphatic heterocycles. The number of methoxy groups -OCH3 is 1. The van der Waals surface area contributed by atoms with E-state index in [0.717, 1.165) is 5.56 Å². The van der Waals surface area contributed by atoms with Crippen molar-refractivity contribution >= 4 is 15.7 Å². The third-order valence-corrected chi connectivity index (χ3v) is 4.77. The number of hydrogen-bond acceptors (Lipinski definition) is 6. The lowest BCUT2D eigenvalue weighted by Gasteiger charge is -2.14. The van der Waals surface area contributed by atoms with E-state index in [0.29, 0.717) is 29.4 Å². The first-order valence-corrected chi connectivity index (χ1v) is 8.92. The second-order valence-electron chi connectivity index (χ2n) is 5.22. The van der Waals surface area contributed by atoms with Crippen molar-refractivity contribution < 1.29 is 17.9 Å². The van der Waals surface area contributed by atoms with Crippen molar-refractivity contribution in [2.24, 2.45) is 0 Å². The minimum Gasteiger partial charge on any atom is -0.494 e. The summed E-state index contributed by atoms with van der Waals surface area (Å²) in [6.07, 6.45) is 0. The minimum absolute atomic E-state index is 0.151. The Labute approximate surface area is 142 Å². The van der Waals surface area contributed by atoms with Gasteiger partial charge in [-0.1, -0.05) is 0 Å². The molecule has 0 aliphatic carbocycles. The highest BCUT2D eigenvalue weighted by Gasteiger charge is 2.19. The highest BCUT2D eigenvalue weighted by molar-refractivity contribution is 7.92. The van der Waals surface area contributed by atoms with Gasteiger partial charge in [0.1, 0.15) is 5.75 Å². The molecule has 1 aromatic heterocycles. The number of nitrogens with zero attached hydrogens (tertiary/aromatic N) is 2. The van der Waals surface area contributed by atoms with Gasteiger partial charge in [0.05, 0.1) is 35.7 Å². The third-order valence-electron chi connectivity index (χ3n) is 3.43. The van der Waals surface area contributed by atoms with Gasteiger partial charge in [-0.15, -0.1) is 0 Å². The van der Waals surface area contributed by atoms with Gasteiger partial charge in [0.25, 0.3) is 10.0 Å². The Kier molecular flexibility index (Phi) is 5.28. The van der Waals surface area contributed by atoms with Crippen LogP contribution in [0.25, 0.3) is 0 Å². The third kappa shape index (κ3) is 3.76. The van der Waals surface area contributed by atoms with Crippen LogP contribution in [-0.4, -0.2) is 32.1 Å². The van der Waals surface area contributed by atoms with Crippen LogP contribution in [0.2, 0.25) is 0 Å². The second kappa shape index (κ2) is 7.04. The Morgan fingerprint density at radius 2 is 1.75 bits per heavy atom. The van der Waals surface area contributed by atoms with E-state index in [-0.39, 0.29) is 10.9 Å². The van der Waals surface area contributed by atoms with E-state index >= 15 is 0 Å². The maximum Gasteiger partial charge on any atom is 0.316 e. The summed E-state index contributed by atoms with van der Waals surface area (Å²) in [4.78, 5) is 8.36. The van der Waals surface area contributed by atoms with Crippen molar-refractivity contribution in [3.63, 3.8) is 0 Å². The van der Waals surface area contributed by atoms with E-state index in [4.69, 9.17) is 9.47 Å². The van der Waals surface area contributed by atoms with Gasteiger partial charge in [-0.25, -0.2) is 8.42 Å². The lowest BCUT2D eigenvalue weighted by molar-refractivity contribution is 0.337. The van der Waals surface area contributed by atoms with Crippen molar-refractivity contribution in [1.29, 1.82) is 0 Å². The number of aryl methyl sites for hydroxylation is 3. The molecule has 0 unspecified atom stereocenters. The fourth-order valence-corrected chi connectivity index (χ4v) is 3.49. The number of benzene rings is 1. The number of nitrogens with one attached hydrogen (secondary N) is 1. The van der Waals surface area contributed by atoms with Crippen LogP contribution in [0.4, 0.5) is 5.69 Å². The van der Waals surface area contributed by atoms with E-state index in [1.165, 1.54) is 13.2 Å². The second-order valence-corrected chi connectivity index (χ2v) is 6.90. The standard InChI is InChI=1S/C16H21N3O4S/c1-6-23-14-8-7-13(9-10(14)2)24(20,21)19-15-11(3)17-16(22-5)18-12(15)4/h7-9,19H,6H2,1-5H3. The first kappa shape index (κ1) is 18.0. The van der Waals surface area contributed by atoms with Crippen molar-refractivity contribution in [1.82, 2.24) is 9.97 Å². The van der Waals surface area contributed by atoms with Gasteiger partial charge in [0, 0.05) is 0 Å². The summed E-state index contributed by atoms with van der Waals surface area (Å²) in [7, 11) is -2.30. The molecular weight excluding hydrogens is 330 g/mol. The maximum absolute atomic E-state index is 12.6. The Balaban J connectivity index is 2.37. The highest BCUT2D eigenvalue weighted by atomic mass is 32.2. The Morgan fingerprint density at radius 3 is 2.25 bits per heavy atom. The van der Waals surface area contributed by atoms with Gasteiger partial charge < -0.3 is 9.47 Å². The predicted octanol–water partition coefficient (Wildman–Crippen LogP) is 2.61. The number of sulfonamides is 1. The summed E-state index contributed by atoms with van der Waals surface area (Å²) in [5.74, 6) is 0.664. The van der Waals surface area contributed by atoms with E-state index in [9.17, 15) is 8.42 Å². The van der Waals surface area contributed by atoms with Crippen LogP contribution >= 0.6 is 0 Å². The topological polar surface area (TPSA) is 90.4 Å². The quantitative estimate of drug-likeness (QED) is 0.860. The van der Waals surface area contributed by atoms with Crippen LogP contribution in [0.1, 0.15) is 23.9 Å². The molecule has 1 aromatic carbocycles. The molecule has 0 spiro atoms. The molecule has 24 heavy (non-hydrogen) atoms. The van der Waals surface area contributed by atoms with Gasteiger partial charge in [-0.3, -0.25) is 4.72 Å². The summed E-state index contributed by atoms with van der Waals surface area (Å²) >= 11 is 0. The van der Waals surface area contributed by atoms with Crippen molar-refractivity contribution in [3.8, 4) is 11.8 Å².